The predicted octanol–water partition coefficient (Wildman–Crippen LogP) is 3.49. The summed E-state index contributed by atoms with van der Waals surface area (Å²) in [5, 5.41) is 0. The molecule has 28 heavy (non-hydrogen) atoms. The quantitative estimate of drug-likeness (QED) is 0.745. The average Bonchev–Trinajstić information content (AvgIpc) is 3.16. The van der Waals surface area contributed by atoms with Crippen LogP contribution in [0, 0.1) is 0 Å². The fraction of sp³-hybridized carbons (Fsp3) is 0.130. The molecule has 1 unspecified atom stereocenters. The van der Waals surface area contributed by atoms with Crippen molar-refractivity contribution in [2.75, 3.05) is 6.61 Å². The van der Waals surface area contributed by atoms with Gasteiger partial charge < -0.3 is 15.4 Å². The second-order valence-corrected chi connectivity index (χ2v) is 6.66. The van der Waals surface area contributed by atoms with Crippen LogP contribution < -0.4 is 10.5 Å². The molecule has 0 saturated carbocycles. The van der Waals surface area contributed by atoms with Crippen molar-refractivity contribution >= 4 is 11.8 Å². The molecule has 1 heterocycles. The highest BCUT2D eigenvalue weighted by Crippen LogP contribution is 2.40. The number of fused-ring (bicyclic) bond motifs is 1. The van der Waals surface area contributed by atoms with Gasteiger partial charge in [-0.15, -0.1) is 0 Å². The molecule has 2 amide bonds. The van der Waals surface area contributed by atoms with Crippen molar-refractivity contribution in [2.24, 2.45) is 5.73 Å². The summed E-state index contributed by atoms with van der Waals surface area (Å²) in [5.74, 6) is -0.131. The van der Waals surface area contributed by atoms with Gasteiger partial charge in [0.05, 0.1) is 6.04 Å². The molecule has 0 spiro atoms. The number of carbonyl (C=O) groups is 2. The lowest BCUT2D eigenvalue weighted by molar-refractivity contribution is -0.123. The van der Waals surface area contributed by atoms with Gasteiger partial charge in [-0.25, -0.2) is 0 Å². The second-order valence-electron chi connectivity index (χ2n) is 6.66. The van der Waals surface area contributed by atoms with Gasteiger partial charge in [-0.1, -0.05) is 66.7 Å². The van der Waals surface area contributed by atoms with E-state index in [1.807, 2.05) is 60.7 Å². The molecule has 5 heteroatoms. The van der Waals surface area contributed by atoms with Crippen LogP contribution in [0.1, 0.15) is 33.6 Å². The molecule has 1 aliphatic rings. The van der Waals surface area contributed by atoms with Gasteiger partial charge in [0.15, 0.2) is 0 Å². The fourth-order valence-corrected chi connectivity index (χ4v) is 3.64. The number of rotatable bonds is 5. The van der Waals surface area contributed by atoms with Gasteiger partial charge in [-0.2, -0.15) is 0 Å². The molecule has 3 aromatic carbocycles. The third kappa shape index (κ3) is 3.22. The van der Waals surface area contributed by atoms with Crippen LogP contribution in [0.25, 0.3) is 0 Å². The van der Waals surface area contributed by atoms with Crippen LogP contribution >= 0.6 is 0 Å². The van der Waals surface area contributed by atoms with Gasteiger partial charge in [0.2, 0.25) is 5.91 Å². The van der Waals surface area contributed by atoms with Crippen molar-refractivity contribution in [1.82, 2.24) is 4.90 Å². The maximum absolute atomic E-state index is 13.5. The molecule has 0 aliphatic carbocycles. The number of hydrogen-bond acceptors (Lipinski definition) is 3. The zero-order valence-electron chi connectivity index (χ0n) is 15.2. The molecule has 0 bridgehead atoms. The number of primary amides is 1. The van der Waals surface area contributed by atoms with E-state index in [2.05, 4.69) is 0 Å². The Balaban J connectivity index is 1.84. The molecule has 140 valence electrons. The molecule has 0 radical (unpaired) electrons. The van der Waals surface area contributed by atoms with Crippen molar-refractivity contribution in [3.63, 3.8) is 0 Å². The Morgan fingerprint density at radius 3 is 2.18 bits per heavy atom. The van der Waals surface area contributed by atoms with Crippen molar-refractivity contribution in [2.45, 2.75) is 12.1 Å². The molecule has 0 aromatic heterocycles. The number of nitrogens with two attached hydrogens (primary N) is 1. The smallest absolute Gasteiger partial charge is 0.255 e. The molecule has 4 rings (SSSR count). The molecular weight excluding hydrogens is 352 g/mol. The van der Waals surface area contributed by atoms with E-state index in [4.69, 9.17) is 10.5 Å². The van der Waals surface area contributed by atoms with E-state index >= 15 is 0 Å². The SMILES string of the molecule is NC(=O)C(c1ccccc1)N(C(=O)c1ccccc1)[C@@H]1COc2ccccc21. The van der Waals surface area contributed by atoms with Crippen LogP contribution in [0.5, 0.6) is 5.75 Å². The van der Waals surface area contributed by atoms with Crippen LogP contribution in [-0.4, -0.2) is 23.3 Å². The zero-order chi connectivity index (χ0) is 19.5. The van der Waals surface area contributed by atoms with Crippen LogP contribution in [0.3, 0.4) is 0 Å². The Bertz CT molecular complexity index is 989. The number of hydrogen-bond donors (Lipinski definition) is 1. The van der Waals surface area contributed by atoms with Crippen LogP contribution in [0.4, 0.5) is 0 Å². The van der Waals surface area contributed by atoms with Gasteiger partial charge in [0, 0.05) is 11.1 Å². The average molecular weight is 372 g/mol. The molecule has 2 N–H and O–H groups in total. The first kappa shape index (κ1) is 17.8. The largest absolute Gasteiger partial charge is 0.491 e. The van der Waals surface area contributed by atoms with Crippen LogP contribution in [0.2, 0.25) is 0 Å². The van der Waals surface area contributed by atoms with Crippen molar-refractivity contribution in [1.29, 1.82) is 0 Å². The first-order valence-corrected chi connectivity index (χ1v) is 9.10. The second kappa shape index (κ2) is 7.56. The number of amides is 2. The molecule has 1 aliphatic heterocycles. The summed E-state index contributed by atoms with van der Waals surface area (Å²) in [6, 6.07) is 24.3. The molecule has 3 aromatic rings. The third-order valence-corrected chi connectivity index (χ3v) is 4.93. The third-order valence-electron chi connectivity index (χ3n) is 4.93. The van der Waals surface area contributed by atoms with E-state index in [0.29, 0.717) is 11.1 Å². The minimum absolute atomic E-state index is 0.265. The normalized spacial score (nSPS) is 15.9. The van der Waals surface area contributed by atoms with Crippen LogP contribution in [-0.2, 0) is 4.79 Å². The summed E-state index contributed by atoms with van der Waals surface area (Å²) in [7, 11) is 0. The highest BCUT2D eigenvalue weighted by molar-refractivity contribution is 5.98. The van der Waals surface area contributed by atoms with E-state index < -0.39 is 18.0 Å². The predicted molar refractivity (Wildman–Crippen MR) is 106 cm³/mol. The van der Waals surface area contributed by atoms with Gasteiger partial charge in [-0.3, -0.25) is 9.59 Å². The highest BCUT2D eigenvalue weighted by Gasteiger charge is 2.40. The van der Waals surface area contributed by atoms with E-state index in [9.17, 15) is 9.59 Å². The maximum atomic E-state index is 13.5. The molecule has 2 atom stereocenters. The standard InChI is InChI=1S/C23H20N2O3/c24-22(26)21(16-9-3-1-4-10-16)25(23(27)17-11-5-2-6-12-17)19-15-28-20-14-8-7-13-18(19)20/h1-14,19,21H,15H2,(H2,24,26)/t19-,21?/m1/s1. The number of para-hydroxylation sites is 1. The summed E-state index contributed by atoms with van der Waals surface area (Å²) < 4.78 is 5.80. The first-order valence-electron chi connectivity index (χ1n) is 9.10. The van der Waals surface area contributed by atoms with Gasteiger partial charge in [0.1, 0.15) is 18.4 Å². The van der Waals surface area contributed by atoms with Gasteiger partial charge >= 0.3 is 0 Å². The number of ether oxygens (including phenoxy) is 1. The number of carbonyl (C=O) groups excluding carboxylic acids is 2. The molecule has 0 saturated heterocycles. The highest BCUT2D eigenvalue weighted by atomic mass is 16.5. The summed E-state index contributed by atoms with van der Waals surface area (Å²) in [5.41, 5.74) is 7.83. The van der Waals surface area contributed by atoms with Crippen molar-refractivity contribution in [3.8, 4) is 5.75 Å². The van der Waals surface area contributed by atoms with E-state index in [1.54, 1.807) is 29.2 Å². The Morgan fingerprint density at radius 1 is 0.893 bits per heavy atom. The number of nitrogens with zero attached hydrogens (tertiary/aromatic N) is 1. The summed E-state index contributed by atoms with van der Waals surface area (Å²) in [6.07, 6.45) is 0. The lowest BCUT2D eigenvalue weighted by Crippen LogP contribution is -2.44. The Morgan fingerprint density at radius 2 is 1.50 bits per heavy atom. The summed E-state index contributed by atoms with van der Waals surface area (Å²) in [4.78, 5) is 27.6. The van der Waals surface area contributed by atoms with Crippen molar-refractivity contribution in [3.05, 3.63) is 102 Å². The molecule has 0 fully saturated rings. The lowest BCUT2D eigenvalue weighted by Gasteiger charge is -2.34. The summed E-state index contributed by atoms with van der Waals surface area (Å²) in [6.45, 7) is 0.272. The Hall–Kier alpha value is -3.60. The lowest BCUT2D eigenvalue weighted by atomic mass is 9.98. The first-order chi connectivity index (χ1) is 13.7. The monoisotopic (exact) mass is 372 g/mol. The van der Waals surface area contributed by atoms with Crippen molar-refractivity contribution < 1.29 is 14.3 Å². The topological polar surface area (TPSA) is 72.6 Å². The van der Waals surface area contributed by atoms with Gasteiger partial charge in [0.25, 0.3) is 5.91 Å². The maximum Gasteiger partial charge on any atom is 0.255 e. The van der Waals surface area contributed by atoms with Gasteiger partial charge in [-0.05, 0) is 23.8 Å². The molecule has 5 nitrogen and oxygen atoms in total. The Kier molecular flexibility index (Phi) is 4.81. The van der Waals surface area contributed by atoms with E-state index in [-0.39, 0.29) is 12.5 Å². The Labute approximate surface area is 163 Å². The summed E-state index contributed by atoms with van der Waals surface area (Å²) >= 11 is 0. The van der Waals surface area contributed by atoms with E-state index in [1.165, 1.54) is 0 Å². The zero-order valence-corrected chi connectivity index (χ0v) is 15.2. The fourth-order valence-electron chi connectivity index (χ4n) is 3.64. The minimum atomic E-state index is -0.909. The molecular formula is C23H20N2O3. The number of benzene rings is 3. The minimum Gasteiger partial charge on any atom is -0.491 e. The van der Waals surface area contributed by atoms with Crippen LogP contribution in [0.15, 0.2) is 84.9 Å². The van der Waals surface area contributed by atoms with E-state index in [0.717, 1.165) is 11.3 Å².